The molecule has 1 fully saturated rings. The second kappa shape index (κ2) is 15.9. The Balaban J connectivity index is 1.44. The van der Waals surface area contributed by atoms with Crippen molar-refractivity contribution in [1.82, 2.24) is 14.9 Å². The Morgan fingerprint density at radius 1 is 0.980 bits per heavy atom. The number of nitrogens with zero attached hydrogens (tertiary/aromatic N) is 4. The molecule has 1 amide bonds. The summed E-state index contributed by atoms with van der Waals surface area (Å²) in [5, 5.41) is 10.5. The van der Waals surface area contributed by atoms with Gasteiger partial charge in [-0.2, -0.15) is 0 Å². The lowest BCUT2D eigenvalue weighted by Crippen LogP contribution is -2.36. The normalized spacial score (nSPS) is 14.7. The molecular formula is C40H47ClN4O4. The van der Waals surface area contributed by atoms with Crippen molar-refractivity contribution in [1.29, 1.82) is 0 Å². The summed E-state index contributed by atoms with van der Waals surface area (Å²) < 4.78 is 5.86. The largest absolute Gasteiger partial charge is 0.493 e. The van der Waals surface area contributed by atoms with Crippen LogP contribution in [0.1, 0.15) is 91.8 Å². The second-order valence-corrected chi connectivity index (χ2v) is 14.7. The molecule has 5 rings (SSSR count). The van der Waals surface area contributed by atoms with Gasteiger partial charge >= 0.3 is 5.97 Å². The molecule has 9 heteroatoms. The van der Waals surface area contributed by atoms with Crippen LogP contribution in [0.5, 0.6) is 5.75 Å². The molecule has 4 aromatic rings. The Kier molecular flexibility index (Phi) is 11.6. The van der Waals surface area contributed by atoms with Crippen LogP contribution in [0.4, 0.5) is 5.95 Å². The highest BCUT2D eigenvalue weighted by molar-refractivity contribution is 6.30. The van der Waals surface area contributed by atoms with Gasteiger partial charge in [0.05, 0.1) is 23.9 Å². The van der Waals surface area contributed by atoms with Gasteiger partial charge in [-0.05, 0) is 83.5 Å². The summed E-state index contributed by atoms with van der Waals surface area (Å²) >= 11 is 6.18. The average Bonchev–Trinajstić information content (AvgIpc) is 3.56. The highest BCUT2D eigenvalue weighted by Gasteiger charge is 2.30. The molecule has 0 saturated carbocycles. The highest BCUT2D eigenvalue weighted by atomic mass is 35.5. The second-order valence-electron chi connectivity index (χ2n) is 14.3. The number of ether oxygens (including phenoxy) is 1. The Hall–Kier alpha value is -4.43. The molecular weight excluding hydrogens is 636 g/mol. The SMILES string of the molecule is CC(C)COc1ccc(CCc2nc(N3CCC[C@@H]3c3ccc(Cl)cc3)ncc2C(=O)N(CC(=O)O)Cc2ccc(C(C)(C)C)cc2)cc1. The van der Waals surface area contributed by atoms with E-state index in [1.807, 2.05) is 72.8 Å². The molecule has 258 valence electrons. The van der Waals surface area contributed by atoms with E-state index in [1.165, 1.54) is 4.90 Å². The summed E-state index contributed by atoms with van der Waals surface area (Å²) in [6, 6.07) is 24.0. The predicted octanol–water partition coefficient (Wildman–Crippen LogP) is 8.32. The summed E-state index contributed by atoms with van der Waals surface area (Å²) in [6.07, 6.45) is 4.63. The van der Waals surface area contributed by atoms with Crippen LogP contribution in [-0.4, -0.2) is 51.5 Å². The molecule has 0 spiro atoms. The van der Waals surface area contributed by atoms with Crippen molar-refractivity contribution in [2.24, 2.45) is 5.92 Å². The lowest BCUT2D eigenvalue weighted by molar-refractivity contribution is -0.137. The fourth-order valence-electron chi connectivity index (χ4n) is 6.09. The van der Waals surface area contributed by atoms with E-state index in [2.05, 4.69) is 39.5 Å². The van der Waals surface area contributed by atoms with E-state index >= 15 is 0 Å². The van der Waals surface area contributed by atoms with Gasteiger partial charge in [0.15, 0.2) is 0 Å². The minimum absolute atomic E-state index is 0.0214. The first-order valence-electron chi connectivity index (χ1n) is 17.1. The summed E-state index contributed by atoms with van der Waals surface area (Å²) in [6.45, 7) is 11.8. The number of benzene rings is 3. The highest BCUT2D eigenvalue weighted by Crippen LogP contribution is 2.35. The molecule has 0 radical (unpaired) electrons. The van der Waals surface area contributed by atoms with Crippen molar-refractivity contribution in [3.05, 3.63) is 118 Å². The van der Waals surface area contributed by atoms with E-state index in [0.29, 0.717) is 47.6 Å². The van der Waals surface area contributed by atoms with Crippen LogP contribution in [0.2, 0.25) is 5.02 Å². The zero-order chi connectivity index (χ0) is 35.1. The molecule has 1 saturated heterocycles. The number of aromatic nitrogens is 2. The average molecular weight is 683 g/mol. The Labute approximate surface area is 295 Å². The van der Waals surface area contributed by atoms with Gasteiger partial charge in [-0.15, -0.1) is 0 Å². The number of carbonyl (C=O) groups is 2. The fourth-order valence-corrected chi connectivity index (χ4v) is 6.22. The van der Waals surface area contributed by atoms with Crippen LogP contribution in [0.15, 0.2) is 79.0 Å². The van der Waals surface area contributed by atoms with E-state index in [4.69, 9.17) is 26.3 Å². The van der Waals surface area contributed by atoms with Gasteiger partial charge in [0.1, 0.15) is 12.3 Å². The van der Waals surface area contributed by atoms with Gasteiger partial charge in [0.25, 0.3) is 5.91 Å². The number of amides is 1. The lowest BCUT2D eigenvalue weighted by Gasteiger charge is -2.27. The van der Waals surface area contributed by atoms with Crippen molar-refractivity contribution < 1.29 is 19.4 Å². The molecule has 3 aromatic carbocycles. The third-order valence-corrected chi connectivity index (χ3v) is 9.07. The van der Waals surface area contributed by atoms with Crippen LogP contribution in [0, 0.1) is 5.92 Å². The van der Waals surface area contributed by atoms with Crippen LogP contribution < -0.4 is 9.64 Å². The molecule has 0 aliphatic carbocycles. The molecule has 1 aliphatic rings. The maximum atomic E-state index is 14.2. The molecule has 1 aliphatic heterocycles. The minimum atomic E-state index is -1.08. The van der Waals surface area contributed by atoms with Gasteiger partial charge in [-0.25, -0.2) is 9.97 Å². The number of hydrogen-bond acceptors (Lipinski definition) is 6. The van der Waals surface area contributed by atoms with E-state index in [1.54, 1.807) is 6.20 Å². The summed E-state index contributed by atoms with van der Waals surface area (Å²) in [7, 11) is 0. The number of rotatable bonds is 13. The van der Waals surface area contributed by atoms with Crippen LogP contribution in [0.3, 0.4) is 0 Å². The zero-order valence-corrected chi connectivity index (χ0v) is 29.9. The quantitative estimate of drug-likeness (QED) is 0.152. The number of carboxylic acids is 1. The van der Waals surface area contributed by atoms with Crippen LogP contribution in [-0.2, 0) is 29.6 Å². The summed E-state index contributed by atoms with van der Waals surface area (Å²) in [5.74, 6) is 0.322. The maximum Gasteiger partial charge on any atom is 0.323 e. The Bertz CT molecular complexity index is 1720. The number of anilines is 1. The van der Waals surface area contributed by atoms with Crippen molar-refractivity contribution >= 4 is 29.4 Å². The lowest BCUT2D eigenvalue weighted by atomic mass is 9.87. The monoisotopic (exact) mass is 682 g/mol. The zero-order valence-electron chi connectivity index (χ0n) is 29.2. The van der Waals surface area contributed by atoms with Gasteiger partial charge in [0, 0.05) is 24.3 Å². The number of hydrogen-bond donors (Lipinski definition) is 1. The molecule has 0 bridgehead atoms. The van der Waals surface area contributed by atoms with Gasteiger partial charge in [-0.1, -0.05) is 94.8 Å². The number of carbonyl (C=O) groups excluding carboxylic acids is 1. The third-order valence-electron chi connectivity index (χ3n) is 8.81. The molecule has 0 unspecified atom stereocenters. The third kappa shape index (κ3) is 9.60. The van der Waals surface area contributed by atoms with E-state index in [0.717, 1.165) is 47.4 Å². The number of halogens is 1. The Morgan fingerprint density at radius 3 is 2.29 bits per heavy atom. The van der Waals surface area contributed by atoms with Gasteiger partial charge in [-0.3, -0.25) is 9.59 Å². The van der Waals surface area contributed by atoms with E-state index in [-0.39, 0.29) is 18.0 Å². The maximum absolute atomic E-state index is 14.2. The molecule has 2 heterocycles. The first-order chi connectivity index (χ1) is 23.4. The van der Waals surface area contributed by atoms with Crippen molar-refractivity contribution in [2.45, 2.75) is 78.3 Å². The van der Waals surface area contributed by atoms with Crippen molar-refractivity contribution in [2.75, 3.05) is 24.6 Å². The summed E-state index contributed by atoms with van der Waals surface area (Å²) in [4.78, 5) is 39.5. The number of aryl methyl sites for hydroxylation is 2. The van der Waals surface area contributed by atoms with Crippen LogP contribution >= 0.6 is 11.6 Å². The molecule has 49 heavy (non-hydrogen) atoms. The topological polar surface area (TPSA) is 95.9 Å². The smallest absolute Gasteiger partial charge is 0.323 e. The van der Waals surface area contributed by atoms with Crippen LogP contribution in [0.25, 0.3) is 0 Å². The molecule has 1 N–H and O–H groups in total. The molecule has 1 atom stereocenters. The molecule has 8 nitrogen and oxygen atoms in total. The predicted molar refractivity (Wildman–Crippen MR) is 195 cm³/mol. The fraction of sp³-hybridized carbons (Fsp3) is 0.400. The molecule has 1 aromatic heterocycles. The Morgan fingerprint density at radius 2 is 1.65 bits per heavy atom. The van der Waals surface area contributed by atoms with Crippen molar-refractivity contribution in [3.8, 4) is 5.75 Å². The van der Waals surface area contributed by atoms with Gasteiger partial charge < -0.3 is 19.6 Å². The number of carboxylic acid groups (broad SMARTS) is 1. The minimum Gasteiger partial charge on any atom is -0.493 e. The summed E-state index contributed by atoms with van der Waals surface area (Å²) in [5.41, 5.74) is 5.12. The van der Waals surface area contributed by atoms with E-state index in [9.17, 15) is 14.7 Å². The first-order valence-corrected chi connectivity index (χ1v) is 17.5. The van der Waals surface area contributed by atoms with Crippen molar-refractivity contribution in [3.63, 3.8) is 0 Å². The number of aliphatic carboxylic acids is 1. The van der Waals surface area contributed by atoms with Gasteiger partial charge in [0.2, 0.25) is 5.95 Å². The standard InChI is InChI=1S/C40H47ClN4O4/c1-27(2)26-49-33-19-10-28(11-20-33)12-21-35-34(23-42-39(43-35)45-22-6-7-36(45)30-13-17-32(41)18-14-30)38(48)44(25-37(46)47)24-29-8-15-31(16-9-29)40(3,4)5/h8-11,13-20,23,27,36H,6-7,12,21-22,24-26H2,1-5H3,(H,46,47)/t36-/m1/s1. The first kappa shape index (κ1) is 35.9. The van der Waals surface area contributed by atoms with E-state index < -0.39 is 18.4 Å².